The van der Waals surface area contributed by atoms with Crippen LogP contribution in [0.2, 0.25) is 0 Å². The first-order chi connectivity index (χ1) is 12.6. The second-order valence-corrected chi connectivity index (χ2v) is 5.65. The molecule has 128 valence electrons. The minimum absolute atomic E-state index is 0.201. The second-order valence-electron chi connectivity index (χ2n) is 5.65. The molecule has 0 fully saturated rings. The molecule has 0 atom stereocenters. The summed E-state index contributed by atoms with van der Waals surface area (Å²) in [6.45, 7) is 0. The summed E-state index contributed by atoms with van der Waals surface area (Å²) in [5.74, 6) is 0.0283. The van der Waals surface area contributed by atoms with Gasteiger partial charge in [0, 0.05) is 11.6 Å². The van der Waals surface area contributed by atoms with Crippen molar-refractivity contribution in [2.45, 2.75) is 0 Å². The van der Waals surface area contributed by atoms with Crippen LogP contribution in [0.1, 0.15) is 10.4 Å². The number of amides is 3. The average Bonchev–Trinajstić information content (AvgIpc) is 3.03. The van der Waals surface area contributed by atoms with Gasteiger partial charge in [-0.3, -0.25) is 15.4 Å². The Balaban J connectivity index is 1.55. The number of carbonyl (C=O) groups is 2. The molecule has 8 nitrogen and oxygen atoms in total. The van der Waals surface area contributed by atoms with E-state index in [1.165, 1.54) is 0 Å². The van der Waals surface area contributed by atoms with E-state index in [0.29, 0.717) is 16.9 Å². The molecular formula is C18H14N6O2. The van der Waals surface area contributed by atoms with Gasteiger partial charge in [0.05, 0.1) is 11.1 Å². The largest absolute Gasteiger partial charge is 0.366 e. The summed E-state index contributed by atoms with van der Waals surface area (Å²) in [7, 11) is 0. The number of nitrogens with one attached hydrogen (secondary N) is 3. The molecular weight excluding hydrogens is 332 g/mol. The van der Waals surface area contributed by atoms with Crippen molar-refractivity contribution in [2.75, 3.05) is 10.6 Å². The molecule has 8 heteroatoms. The predicted octanol–water partition coefficient (Wildman–Crippen LogP) is 2.85. The van der Waals surface area contributed by atoms with Crippen LogP contribution < -0.4 is 16.4 Å². The number of anilines is 2. The molecule has 0 spiro atoms. The number of aromatic nitrogens is 3. The van der Waals surface area contributed by atoms with Gasteiger partial charge in [-0.05, 0) is 23.6 Å². The van der Waals surface area contributed by atoms with Gasteiger partial charge in [0.2, 0.25) is 5.95 Å². The number of rotatable bonds is 3. The molecule has 0 aliphatic rings. The number of benzene rings is 2. The summed E-state index contributed by atoms with van der Waals surface area (Å²) >= 11 is 0. The third-order valence-electron chi connectivity index (χ3n) is 3.88. The van der Waals surface area contributed by atoms with Crippen LogP contribution in [-0.4, -0.2) is 26.9 Å². The Morgan fingerprint density at radius 1 is 1.00 bits per heavy atom. The highest BCUT2D eigenvalue weighted by molar-refractivity contribution is 6.05. The molecule has 3 amide bonds. The van der Waals surface area contributed by atoms with Gasteiger partial charge in [-0.15, -0.1) is 0 Å². The van der Waals surface area contributed by atoms with Crippen molar-refractivity contribution >= 4 is 45.5 Å². The number of para-hydroxylation sites is 1. The van der Waals surface area contributed by atoms with Crippen LogP contribution in [0.15, 0.2) is 54.7 Å². The van der Waals surface area contributed by atoms with Crippen molar-refractivity contribution in [1.82, 2.24) is 15.0 Å². The third-order valence-corrected chi connectivity index (χ3v) is 3.88. The Hall–Kier alpha value is -3.94. The number of hydrogen-bond donors (Lipinski definition) is 4. The fourth-order valence-corrected chi connectivity index (χ4v) is 2.70. The summed E-state index contributed by atoms with van der Waals surface area (Å²) in [6.07, 6.45) is 1.69. The summed E-state index contributed by atoms with van der Waals surface area (Å²) in [5, 5.41) is 7.18. The number of pyridine rings is 1. The van der Waals surface area contributed by atoms with Crippen LogP contribution in [0, 0.1) is 0 Å². The molecule has 0 aliphatic heterocycles. The lowest BCUT2D eigenvalue weighted by Crippen LogP contribution is -2.20. The Kier molecular flexibility index (Phi) is 3.70. The number of urea groups is 1. The van der Waals surface area contributed by atoms with Crippen molar-refractivity contribution < 1.29 is 9.59 Å². The number of aromatic amines is 1. The van der Waals surface area contributed by atoms with Crippen molar-refractivity contribution in [3.8, 4) is 0 Å². The SMILES string of the molecule is NC(=O)c1cccc2[nH]c(NC(=O)Nc3cc4ccccc4cn3)nc12. The van der Waals surface area contributed by atoms with Crippen molar-refractivity contribution in [2.24, 2.45) is 5.73 Å². The Morgan fingerprint density at radius 2 is 1.81 bits per heavy atom. The minimum atomic E-state index is -0.585. The molecule has 0 unspecified atom stereocenters. The van der Waals surface area contributed by atoms with Gasteiger partial charge in [-0.1, -0.05) is 30.3 Å². The van der Waals surface area contributed by atoms with Gasteiger partial charge in [0.1, 0.15) is 11.3 Å². The smallest absolute Gasteiger partial charge is 0.327 e. The summed E-state index contributed by atoms with van der Waals surface area (Å²) in [5.41, 5.74) is 6.62. The van der Waals surface area contributed by atoms with Crippen LogP contribution in [-0.2, 0) is 0 Å². The number of nitrogens with two attached hydrogens (primary N) is 1. The van der Waals surface area contributed by atoms with E-state index in [1.807, 2.05) is 24.3 Å². The quantitative estimate of drug-likeness (QED) is 0.455. The van der Waals surface area contributed by atoms with Gasteiger partial charge in [0.25, 0.3) is 5.91 Å². The predicted molar refractivity (Wildman–Crippen MR) is 99.0 cm³/mol. The van der Waals surface area contributed by atoms with Gasteiger partial charge in [-0.25, -0.2) is 14.8 Å². The zero-order chi connectivity index (χ0) is 18.1. The summed E-state index contributed by atoms with van der Waals surface area (Å²) < 4.78 is 0. The van der Waals surface area contributed by atoms with E-state index in [2.05, 4.69) is 25.6 Å². The maximum atomic E-state index is 12.2. The Morgan fingerprint density at radius 3 is 2.62 bits per heavy atom. The monoisotopic (exact) mass is 346 g/mol. The molecule has 2 aromatic heterocycles. The highest BCUT2D eigenvalue weighted by Gasteiger charge is 2.13. The number of imidazole rings is 1. The van der Waals surface area contributed by atoms with E-state index in [-0.39, 0.29) is 11.5 Å². The third kappa shape index (κ3) is 2.91. The molecule has 0 bridgehead atoms. The maximum Gasteiger partial charge on any atom is 0.327 e. The number of nitrogens with zero attached hydrogens (tertiary/aromatic N) is 2. The lowest BCUT2D eigenvalue weighted by atomic mass is 10.2. The van der Waals surface area contributed by atoms with Gasteiger partial charge < -0.3 is 10.7 Å². The first kappa shape index (κ1) is 15.6. The van der Waals surface area contributed by atoms with E-state index in [9.17, 15) is 9.59 Å². The van der Waals surface area contributed by atoms with Crippen molar-refractivity contribution in [3.63, 3.8) is 0 Å². The van der Waals surface area contributed by atoms with E-state index in [0.717, 1.165) is 10.8 Å². The number of carbonyl (C=O) groups excluding carboxylic acids is 2. The summed E-state index contributed by atoms with van der Waals surface area (Å²) in [4.78, 5) is 35.0. The van der Waals surface area contributed by atoms with Crippen molar-refractivity contribution in [3.05, 3.63) is 60.3 Å². The molecule has 26 heavy (non-hydrogen) atoms. The van der Waals surface area contributed by atoms with Gasteiger partial charge in [0.15, 0.2) is 0 Å². The molecule has 0 aliphatic carbocycles. The molecule has 0 radical (unpaired) electrons. The molecule has 2 aromatic carbocycles. The number of fused-ring (bicyclic) bond motifs is 2. The molecule has 2 heterocycles. The van der Waals surface area contributed by atoms with Crippen LogP contribution >= 0.6 is 0 Å². The fraction of sp³-hybridized carbons (Fsp3) is 0. The summed E-state index contributed by atoms with van der Waals surface area (Å²) in [6, 6.07) is 14.0. The normalized spacial score (nSPS) is 10.8. The van der Waals surface area contributed by atoms with Gasteiger partial charge >= 0.3 is 6.03 Å². The van der Waals surface area contributed by atoms with E-state index in [1.54, 1.807) is 30.5 Å². The van der Waals surface area contributed by atoms with E-state index < -0.39 is 11.9 Å². The molecule has 0 saturated heterocycles. The zero-order valence-corrected chi connectivity index (χ0v) is 13.5. The van der Waals surface area contributed by atoms with E-state index >= 15 is 0 Å². The number of primary amides is 1. The molecule has 4 rings (SSSR count). The molecule has 4 aromatic rings. The highest BCUT2D eigenvalue weighted by Crippen LogP contribution is 2.19. The van der Waals surface area contributed by atoms with Crippen LogP contribution in [0.5, 0.6) is 0 Å². The first-order valence-corrected chi connectivity index (χ1v) is 7.81. The second kappa shape index (κ2) is 6.17. The fourth-order valence-electron chi connectivity index (χ4n) is 2.70. The topological polar surface area (TPSA) is 126 Å². The lowest BCUT2D eigenvalue weighted by molar-refractivity contribution is 0.100. The highest BCUT2D eigenvalue weighted by atomic mass is 16.2. The maximum absolute atomic E-state index is 12.2. The minimum Gasteiger partial charge on any atom is -0.366 e. The van der Waals surface area contributed by atoms with Gasteiger partial charge in [-0.2, -0.15) is 0 Å². The zero-order valence-electron chi connectivity index (χ0n) is 13.5. The molecule has 5 N–H and O–H groups in total. The molecule has 0 saturated carbocycles. The number of H-pyrrole nitrogens is 1. The van der Waals surface area contributed by atoms with Crippen LogP contribution in [0.25, 0.3) is 21.8 Å². The van der Waals surface area contributed by atoms with Crippen molar-refractivity contribution in [1.29, 1.82) is 0 Å². The average molecular weight is 346 g/mol. The Labute approximate surface area is 147 Å². The Bertz CT molecular complexity index is 1150. The first-order valence-electron chi connectivity index (χ1n) is 7.81. The lowest BCUT2D eigenvalue weighted by Gasteiger charge is -2.05. The van der Waals surface area contributed by atoms with Crippen LogP contribution in [0.4, 0.5) is 16.6 Å². The number of hydrogen-bond acceptors (Lipinski definition) is 4. The standard InChI is InChI=1S/C18H14N6O2/c19-16(25)12-6-3-7-13-15(12)23-17(21-13)24-18(26)22-14-8-10-4-1-2-5-11(10)9-20-14/h1-9H,(H2,19,25)(H3,20,21,22,23,24,26). The van der Waals surface area contributed by atoms with Crippen LogP contribution in [0.3, 0.4) is 0 Å². The van der Waals surface area contributed by atoms with E-state index in [4.69, 9.17) is 5.73 Å².